The zero-order valence-electron chi connectivity index (χ0n) is 13.4. The largest absolute Gasteiger partial charge is 0.367 e. The fraction of sp³-hybridized carbons (Fsp3) is 0.294. The first-order valence-electron chi connectivity index (χ1n) is 7.77. The van der Waals surface area contributed by atoms with Crippen molar-refractivity contribution < 1.29 is 12.8 Å². The van der Waals surface area contributed by atoms with Crippen LogP contribution in [0.2, 0.25) is 0 Å². The summed E-state index contributed by atoms with van der Waals surface area (Å²) < 4.78 is 41.4. The summed E-state index contributed by atoms with van der Waals surface area (Å²) in [4.78, 5) is 4.01. The highest BCUT2D eigenvalue weighted by molar-refractivity contribution is 7.92. The van der Waals surface area contributed by atoms with Crippen molar-refractivity contribution in [2.24, 2.45) is 0 Å². The average Bonchev–Trinajstić information content (AvgIpc) is 2.56. The summed E-state index contributed by atoms with van der Waals surface area (Å²) in [6.07, 6.45) is 0. The Hall–Kier alpha value is -2.12. The molecule has 1 aliphatic heterocycles. The number of para-hydroxylation sites is 2. The predicted molar refractivity (Wildman–Crippen MR) is 93.4 cm³/mol. The molecular formula is C17H20FN3O2S. The summed E-state index contributed by atoms with van der Waals surface area (Å²) in [6, 6.07) is 12.6. The van der Waals surface area contributed by atoms with Crippen LogP contribution < -0.4 is 9.62 Å². The normalized spacial score (nSPS) is 16.2. The maximum atomic E-state index is 13.9. The van der Waals surface area contributed by atoms with E-state index in [0.29, 0.717) is 5.69 Å². The topological polar surface area (TPSA) is 52.6 Å². The number of nitrogens with one attached hydrogen (secondary N) is 1. The quantitative estimate of drug-likeness (QED) is 0.921. The summed E-state index contributed by atoms with van der Waals surface area (Å²) in [5.74, 6) is -0.762. The molecule has 0 radical (unpaired) electrons. The van der Waals surface area contributed by atoms with Gasteiger partial charge in [0.15, 0.2) is 0 Å². The van der Waals surface area contributed by atoms with Gasteiger partial charge in [-0.2, -0.15) is 0 Å². The van der Waals surface area contributed by atoms with Crippen molar-refractivity contribution in [1.29, 1.82) is 0 Å². The van der Waals surface area contributed by atoms with Crippen molar-refractivity contribution in [2.75, 3.05) is 42.8 Å². The first kappa shape index (κ1) is 16.7. The Morgan fingerprint density at radius 3 is 2.29 bits per heavy atom. The fourth-order valence-corrected chi connectivity index (χ4v) is 3.90. The standard InChI is InChI=1S/C17H20FN3O2S/c1-20-10-12-21(13-11-20)16-8-4-3-7-15(16)19-24(22,23)17-9-5-2-6-14(17)18/h2-9,19H,10-13H2,1H3. The molecule has 2 aromatic carbocycles. The van der Waals surface area contributed by atoms with E-state index in [-0.39, 0.29) is 4.90 Å². The Bertz CT molecular complexity index is 818. The van der Waals surface area contributed by atoms with E-state index >= 15 is 0 Å². The van der Waals surface area contributed by atoms with Crippen LogP contribution in [0.1, 0.15) is 0 Å². The Labute approximate surface area is 141 Å². The van der Waals surface area contributed by atoms with E-state index in [1.807, 2.05) is 12.1 Å². The highest BCUT2D eigenvalue weighted by Crippen LogP contribution is 2.29. The Morgan fingerprint density at radius 1 is 0.958 bits per heavy atom. The zero-order valence-corrected chi connectivity index (χ0v) is 14.3. The van der Waals surface area contributed by atoms with Crippen LogP contribution in [0.25, 0.3) is 0 Å². The third-order valence-electron chi connectivity index (χ3n) is 4.12. The molecule has 3 rings (SSSR count). The predicted octanol–water partition coefficient (Wildman–Crippen LogP) is 2.38. The highest BCUT2D eigenvalue weighted by Gasteiger charge is 2.22. The maximum absolute atomic E-state index is 13.9. The summed E-state index contributed by atoms with van der Waals surface area (Å²) in [6.45, 7) is 3.45. The first-order chi connectivity index (χ1) is 11.5. The van der Waals surface area contributed by atoms with E-state index in [1.165, 1.54) is 18.2 Å². The molecule has 0 spiro atoms. The SMILES string of the molecule is CN1CCN(c2ccccc2NS(=O)(=O)c2ccccc2F)CC1. The van der Waals surface area contributed by atoms with Crippen molar-refractivity contribution in [3.05, 3.63) is 54.3 Å². The molecule has 128 valence electrons. The van der Waals surface area contributed by atoms with Crippen LogP contribution >= 0.6 is 0 Å². The fourth-order valence-electron chi connectivity index (χ4n) is 2.75. The number of hydrogen-bond donors (Lipinski definition) is 1. The lowest BCUT2D eigenvalue weighted by Gasteiger charge is -2.35. The van der Waals surface area contributed by atoms with Crippen molar-refractivity contribution in [2.45, 2.75) is 4.90 Å². The third kappa shape index (κ3) is 3.52. The van der Waals surface area contributed by atoms with Gasteiger partial charge >= 0.3 is 0 Å². The number of benzene rings is 2. The summed E-state index contributed by atoms with van der Waals surface area (Å²) in [5.41, 5.74) is 1.27. The molecular weight excluding hydrogens is 329 g/mol. The van der Waals surface area contributed by atoms with Crippen LogP contribution in [0.3, 0.4) is 0 Å². The van der Waals surface area contributed by atoms with Crippen molar-refractivity contribution in [1.82, 2.24) is 4.90 Å². The minimum Gasteiger partial charge on any atom is -0.367 e. The molecule has 7 heteroatoms. The Balaban J connectivity index is 1.89. The molecule has 1 N–H and O–H groups in total. The van der Waals surface area contributed by atoms with E-state index in [4.69, 9.17) is 0 Å². The monoisotopic (exact) mass is 349 g/mol. The lowest BCUT2D eigenvalue weighted by Crippen LogP contribution is -2.44. The molecule has 1 heterocycles. The van der Waals surface area contributed by atoms with Gasteiger partial charge in [-0.25, -0.2) is 12.8 Å². The van der Waals surface area contributed by atoms with Gasteiger partial charge in [0, 0.05) is 26.2 Å². The number of hydrogen-bond acceptors (Lipinski definition) is 4. The third-order valence-corrected chi connectivity index (χ3v) is 5.52. The van der Waals surface area contributed by atoms with E-state index in [9.17, 15) is 12.8 Å². The number of rotatable bonds is 4. The van der Waals surface area contributed by atoms with Gasteiger partial charge in [-0.3, -0.25) is 4.72 Å². The van der Waals surface area contributed by atoms with Crippen LogP contribution in [-0.2, 0) is 10.0 Å². The molecule has 2 aromatic rings. The highest BCUT2D eigenvalue weighted by atomic mass is 32.2. The lowest BCUT2D eigenvalue weighted by atomic mass is 10.2. The summed E-state index contributed by atoms with van der Waals surface area (Å²) >= 11 is 0. The molecule has 0 amide bonds. The number of sulfonamides is 1. The average molecular weight is 349 g/mol. The number of anilines is 2. The number of nitrogens with zero attached hydrogens (tertiary/aromatic N) is 2. The Morgan fingerprint density at radius 2 is 1.58 bits per heavy atom. The van der Waals surface area contributed by atoms with Crippen LogP contribution in [0.5, 0.6) is 0 Å². The minimum absolute atomic E-state index is 0.349. The summed E-state index contributed by atoms with van der Waals surface area (Å²) in [5, 5.41) is 0. The smallest absolute Gasteiger partial charge is 0.264 e. The van der Waals surface area contributed by atoms with Gasteiger partial charge in [-0.1, -0.05) is 24.3 Å². The molecule has 0 atom stereocenters. The first-order valence-corrected chi connectivity index (χ1v) is 9.25. The molecule has 0 aromatic heterocycles. The molecule has 0 bridgehead atoms. The van der Waals surface area contributed by atoms with Crippen LogP contribution in [-0.4, -0.2) is 46.5 Å². The molecule has 24 heavy (non-hydrogen) atoms. The van der Waals surface area contributed by atoms with E-state index in [2.05, 4.69) is 21.6 Å². The molecule has 1 aliphatic rings. The molecule has 0 unspecified atom stereocenters. The van der Waals surface area contributed by atoms with E-state index in [1.54, 1.807) is 12.1 Å². The van der Waals surface area contributed by atoms with Crippen molar-refractivity contribution in [3.63, 3.8) is 0 Å². The molecule has 1 saturated heterocycles. The molecule has 5 nitrogen and oxygen atoms in total. The van der Waals surface area contributed by atoms with Crippen molar-refractivity contribution in [3.8, 4) is 0 Å². The van der Waals surface area contributed by atoms with Gasteiger partial charge < -0.3 is 9.80 Å². The van der Waals surface area contributed by atoms with Gasteiger partial charge in [0.1, 0.15) is 10.7 Å². The number of likely N-dealkylation sites (N-methyl/N-ethyl adjacent to an activating group) is 1. The second kappa shape index (κ2) is 6.78. The summed E-state index contributed by atoms with van der Waals surface area (Å²) in [7, 11) is -1.92. The second-order valence-corrected chi connectivity index (χ2v) is 7.49. The van der Waals surface area contributed by atoms with Crippen LogP contribution in [0.4, 0.5) is 15.8 Å². The molecule has 0 aliphatic carbocycles. The number of piperazine rings is 1. The van der Waals surface area contributed by atoms with Gasteiger partial charge in [0.2, 0.25) is 0 Å². The molecule has 1 fully saturated rings. The second-order valence-electron chi connectivity index (χ2n) is 5.84. The van der Waals surface area contributed by atoms with Gasteiger partial charge in [0.25, 0.3) is 10.0 Å². The lowest BCUT2D eigenvalue weighted by molar-refractivity contribution is 0.313. The minimum atomic E-state index is -3.98. The van der Waals surface area contributed by atoms with Crippen LogP contribution in [0, 0.1) is 5.82 Å². The van der Waals surface area contributed by atoms with E-state index in [0.717, 1.165) is 37.9 Å². The molecule has 0 saturated carbocycles. The Kier molecular flexibility index (Phi) is 4.73. The van der Waals surface area contributed by atoms with E-state index < -0.39 is 15.8 Å². The maximum Gasteiger partial charge on any atom is 0.264 e. The van der Waals surface area contributed by atoms with Crippen LogP contribution in [0.15, 0.2) is 53.4 Å². The van der Waals surface area contributed by atoms with Gasteiger partial charge in [-0.05, 0) is 31.3 Å². The van der Waals surface area contributed by atoms with Crippen molar-refractivity contribution >= 4 is 21.4 Å². The number of halogens is 1. The van der Waals surface area contributed by atoms with Gasteiger partial charge in [0.05, 0.1) is 11.4 Å². The van der Waals surface area contributed by atoms with Gasteiger partial charge in [-0.15, -0.1) is 0 Å². The zero-order chi connectivity index (χ0) is 17.2.